The van der Waals surface area contributed by atoms with Gasteiger partial charge in [-0.05, 0) is 24.3 Å². The standard InChI is InChI=1S/C14H14B2F2O7/c1-21-13-5-3-9(7-11(13)17)23-15(19)25-16(20)24-10-4-6-14(22-2)12(18)8-10/h3-8,19-20H,1-2H3. The van der Waals surface area contributed by atoms with Crippen LogP contribution in [0.1, 0.15) is 0 Å². The molecule has 0 atom stereocenters. The summed E-state index contributed by atoms with van der Waals surface area (Å²) < 4.78 is 50.8. The van der Waals surface area contributed by atoms with E-state index in [4.69, 9.17) is 18.8 Å². The molecule has 0 radical (unpaired) electrons. The zero-order valence-electron chi connectivity index (χ0n) is 13.3. The summed E-state index contributed by atoms with van der Waals surface area (Å²) in [5.74, 6) is -1.59. The highest BCUT2D eigenvalue weighted by Crippen LogP contribution is 2.24. The van der Waals surface area contributed by atoms with Gasteiger partial charge in [-0.25, -0.2) is 8.78 Å². The predicted octanol–water partition coefficient (Wildman–Crippen LogP) is 1.41. The predicted molar refractivity (Wildman–Crippen MR) is 84.2 cm³/mol. The van der Waals surface area contributed by atoms with Crippen molar-refractivity contribution in [3.05, 3.63) is 48.0 Å². The lowest BCUT2D eigenvalue weighted by Crippen LogP contribution is -2.38. The SMILES string of the molecule is COc1ccc(OB(O)OB(O)Oc2ccc(OC)c(F)c2)cc1F. The third-order valence-electron chi connectivity index (χ3n) is 2.95. The molecule has 0 heterocycles. The van der Waals surface area contributed by atoms with Crippen molar-refractivity contribution in [2.45, 2.75) is 0 Å². The van der Waals surface area contributed by atoms with Crippen molar-refractivity contribution in [2.75, 3.05) is 14.2 Å². The Hall–Kier alpha value is -2.49. The second-order valence-corrected chi connectivity index (χ2v) is 4.58. The average molecular weight is 354 g/mol. The van der Waals surface area contributed by atoms with Gasteiger partial charge in [0.05, 0.1) is 14.2 Å². The Morgan fingerprint density at radius 1 is 0.760 bits per heavy atom. The van der Waals surface area contributed by atoms with Gasteiger partial charge in [0.1, 0.15) is 11.5 Å². The van der Waals surface area contributed by atoms with Crippen LogP contribution in [0.15, 0.2) is 36.4 Å². The fourth-order valence-corrected chi connectivity index (χ4v) is 1.83. The topological polar surface area (TPSA) is 86.6 Å². The van der Waals surface area contributed by atoms with Gasteiger partial charge in [-0.2, -0.15) is 0 Å². The lowest BCUT2D eigenvalue weighted by Gasteiger charge is -2.14. The summed E-state index contributed by atoms with van der Waals surface area (Å²) in [5, 5.41) is 19.1. The Bertz CT molecular complexity index is 660. The van der Waals surface area contributed by atoms with Crippen LogP contribution >= 0.6 is 0 Å². The third kappa shape index (κ3) is 5.24. The molecule has 2 aromatic carbocycles. The monoisotopic (exact) mass is 354 g/mol. The van der Waals surface area contributed by atoms with Gasteiger partial charge in [0.2, 0.25) is 0 Å². The Morgan fingerprint density at radius 2 is 1.16 bits per heavy atom. The summed E-state index contributed by atoms with van der Waals surface area (Å²) in [6.45, 7) is 0. The molecule has 0 amide bonds. The maximum atomic E-state index is 13.5. The summed E-state index contributed by atoms with van der Waals surface area (Å²) >= 11 is 0. The van der Waals surface area contributed by atoms with Gasteiger partial charge in [-0.3, -0.25) is 0 Å². The highest BCUT2D eigenvalue weighted by molar-refractivity contribution is 6.51. The Labute approximate surface area is 143 Å². The summed E-state index contributed by atoms with van der Waals surface area (Å²) in [4.78, 5) is 0. The minimum absolute atomic E-state index is 0.00680. The van der Waals surface area contributed by atoms with Crippen molar-refractivity contribution < 1.29 is 42.2 Å². The summed E-state index contributed by atoms with van der Waals surface area (Å²) in [7, 11) is -1.34. The first-order valence-electron chi connectivity index (χ1n) is 6.95. The smallest absolute Gasteiger partial charge is 0.513 e. The minimum atomic E-state index is -1.97. The van der Waals surface area contributed by atoms with Crippen molar-refractivity contribution in [2.24, 2.45) is 0 Å². The van der Waals surface area contributed by atoms with Crippen LogP contribution in [0.3, 0.4) is 0 Å². The molecule has 0 unspecified atom stereocenters. The second-order valence-electron chi connectivity index (χ2n) is 4.58. The van der Waals surface area contributed by atoms with Gasteiger partial charge in [0.25, 0.3) is 0 Å². The lowest BCUT2D eigenvalue weighted by molar-refractivity contribution is 0.224. The van der Waals surface area contributed by atoms with Gasteiger partial charge >= 0.3 is 14.6 Å². The van der Waals surface area contributed by atoms with Gasteiger partial charge < -0.3 is 33.4 Å². The number of ether oxygens (including phenoxy) is 2. The van der Waals surface area contributed by atoms with Gasteiger partial charge in [0, 0.05) is 12.1 Å². The first-order valence-corrected chi connectivity index (χ1v) is 6.95. The van der Waals surface area contributed by atoms with E-state index in [1.807, 2.05) is 0 Å². The number of benzene rings is 2. The first-order chi connectivity index (χ1) is 11.9. The fraction of sp³-hybridized carbons (Fsp3) is 0.143. The Morgan fingerprint density at radius 3 is 1.48 bits per heavy atom. The van der Waals surface area contributed by atoms with Crippen molar-refractivity contribution in [1.82, 2.24) is 0 Å². The molecule has 7 nitrogen and oxygen atoms in total. The lowest BCUT2D eigenvalue weighted by atomic mass is 10.1. The molecule has 11 heteroatoms. The molecule has 0 aromatic heterocycles. The van der Waals surface area contributed by atoms with Gasteiger partial charge in [-0.1, -0.05) is 0 Å². The van der Waals surface area contributed by atoms with Crippen molar-refractivity contribution >= 4 is 14.6 Å². The fourth-order valence-electron chi connectivity index (χ4n) is 1.83. The molecule has 0 fully saturated rings. The van der Waals surface area contributed by atoms with Gasteiger partial charge in [-0.15, -0.1) is 0 Å². The summed E-state index contributed by atoms with van der Waals surface area (Å²) in [6.07, 6.45) is 0. The molecule has 2 N–H and O–H groups in total. The highest BCUT2D eigenvalue weighted by atomic mass is 19.1. The quantitative estimate of drug-likeness (QED) is 0.694. The van der Waals surface area contributed by atoms with Crippen LogP contribution in [0, 0.1) is 11.6 Å². The molecule has 0 aliphatic heterocycles. The van der Waals surface area contributed by atoms with E-state index in [-0.39, 0.29) is 23.0 Å². The molecule has 2 aromatic rings. The first kappa shape index (κ1) is 18.8. The van der Waals surface area contributed by atoms with Crippen molar-refractivity contribution in [1.29, 1.82) is 0 Å². The van der Waals surface area contributed by atoms with Crippen LogP contribution < -0.4 is 18.8 Å². The summed E-state index contributed by atoms with van der Waals surface area (Å²) in [5.41, 5.74) is 0. The molecule has 132 valence electrons. The van der Waals surface area contributed by atoms with Crippen LogP contribution in [0.2, 0.25) is 0 Å². The molecule has 0 spiro atoms. The maximum absolute atomic E-state index is 13.5. The van der Waals surface area contributed by atoms with Crippen LogP contribution in [0.4, 0.5) is 8.78 Å². The Balaban J connectivity index is 1.90. The van der Waals surface area contributed by atoms with E-state index in [1.54, 1.807) is 0 Å². The van der Waals surface area contributed by atoms with E-state index in [0.29, 0.717) is 0 Å². The molecule has 0 aliphatic carbocycles. The number of rotatable bonds is 8. The normalized spacial score (nSPS) is 10.2. The molecule has 0 saturated heterocycles. The number of halogens is 2. The van der Waals surface area contributed by atoms with Crippen LogP contribution in [-0.2, 0) is 4.57 Å². The maximum Gasteiger partial charge on any atom is 0.699 e. The van der Waals surface area contributed by atoms with E-state index in [0.717, 1.165) is 12.1 Å². The molecule has 25 heavy (non-hydrogen) atoms. The number of hydrogen-bond acceptors (Lipinski definition) is 7. The average Bonchev–Trinajstić information content (AvgIpc) is 2.55. The van der Waals surface area contributed by atoms with E-state index in [1.165, 1.54) is 38.5 Å². The largest absolute Gasteiger partial charge is 0.699 e. The molecule has 0 saturated carbocycles. The highest BCUT2D eigenvalue weighted by Gasteiger charge is 2.30. The molecule has 2 rings (SSSR count). The van der Waals surface area contributed by atoms with Gasteiger partial charge in [0.15, 0.2) is 23.1 Å². The zero-order valence-corrected chi connectivity index (χ0v) is 13.3. The van der Waals surface area contributed by atoms with E-state index in [2.05, 4.69) is 4.57 Å². The zero-order chi connectivity index (χ0) is 18.4. The van der Waals surface area contributed by atoms with Crippen molar-refractivity contribution in [3.63, 3.8) is 0 Å². The van der Waals surface area contributed by atoms with Crippen LogP contribution in [0.25, 0.3) is 0 Å². The number of hydrogen-bond donors (Lipinski definition) is 2. The summed E-state index contributed by atoms with van der Waals surface area (Å²) in [6, 6.07) is 7.12. The third-order valence-corrected chi connectivity index (χ3v) is 2.95. The molecular weight excluding hydrogens is 340 g/mol. The molecular formula is C14H14B2F2O7. The van der Waals surface area contributed by atoms with E-state index in [9.17, 15) is 18.8 Å². The van der Waals surface area contributed by atoms with E-state index >= 15 is 0 Å². The van der Waals surface area contributed by atoms with E-state index < -0.39 is 26.3 Å². The number of methoxy groups -OCH3 is 2. The van der Waals surface area contributed by atoms with Crippen molar-refractivity contribution in [3.8, 4) is 23.0 Å². The van der Waals surface area contributed by atoms with Crippen LogP contribution in [-0.4, -0.2) is 38.9 Å². The Kier molecular flexibility index (Phi) is 6.45. The second kappa shape index (κ2) is 8.56. The molecule has 0 bridgehead atoms. The van der Waals surface area contributed by atoms with Crippen LogP contribution in [0.5, 0.6) is 23.0 Å². The molecule has 0 aliphatic rings. The minimum Gasteiger partial charge on any atom is -0.513 e.